The zero-order valence-electron chi connectivity index (χ0n) is 5.99. The van der Waals surface area contributed by atoms with Crippen molar-refractivity contribution in [2.45, 2.75) is 24.9 Å². The second-order valence-corrected chi connectivity index (χ2v) is 2.78. The van der Waals surface area contributed by atoms with Gasteiger partial charge >= 0.3 is 0 Å². The first-order valence-electron chi connectivity index (χ1n) is 3.60. The average molecular weight is 141 g/mol. The minimum absolute atomic E-state index is 0.481. The summed E-state index contributed by atoms with van der Waals surface area (Å²) >= 11 is 0. The van der Waals surface area contributed by atoms with E-state index in [0.29, 0.717) is 25.8 Å². The van der Waals surface area contributed by atoms with Crippen molar-refractivity contribution in [2.24, 2.45) is 0 Å². The van der Waals surface area contributed by atoms with Crippen molar-refractivity contribution in [2.75, 3.05) is 13.1 Å². The minimum Gasteiger partial charge on any atom is -0.313 e. The molecular weight excluding hydrogens is 129 g/mol. The fraction of sp³-hybridized carbons (Fsp3) is 0.750. The molecule has 10 heavy (non-hydrogen) atoms. The van der Waals surface area contributed by atoms with Crippen LogP contribution in [-0.4, -0.2) is 18.8 Å². The molecule has 0 saturated carbocycles. The molecular formula is C8H12FN. The van der Waals surface area contributed by atoms with Gasteiger partial charge in [0, 0.05) is 13.0 Å². The van der Waals surface area contributed by atoms with Gasteiger partial charge in [-0.05, 0) is 19.4 Å². The lowest BCUT2D eigenvalue weighted by molar-refractivity contribution is 0.178. The van der Waals surface area contributed by atoms with Crippen LogP contribution in [0.25, 0.3) is 0 Å². The van der Waals surface area contributed by atoms with E-state index < -0.39 is 5.67 Å². The summed E-state index contributed by atoms with van der Waals surface area (Å²) in [5.41, 5.74) is -1.01. The molecule has 2 heteroatoms. The molecule has 0 amide bonds. The molecule has 0 aliphatic carbocycles. The van der Waals surface area contributed by atoms with Crippen LogP contribution in [0.15, 0.2) is 0 Å². The fourth-order valence-corrected chi connectivity index (χ4v) is 1.22. The SMILES string of the molecule is C#CCCC1(F)CCNC1. The van der Waals surface area contributed by atoms with Crippen LogP contribution < -0.4 is 5.32 Å². The molecule has 1 aliphatic heterocycles. The normalized spacial score (nSPS) is 32.0. The Labute approximate surface area is 61.0 Å². The quantitative estimate of drug-likeness (QED) is 0.568. The van der Waals surface area contributed by atoms with Crippen molar-refractivity contribution in [3.63, 3.8) is 0 Å². The van der Waals surface area contributed by atoms with E-state index in [1.165, 1.54) is 0 Å². The van der Waals surface area contributed by atoms with Gasteiger partial charge in [0.2, 0.25) is 0 Å². The third kappa shape index (κ3) is 1.71. The maximum absolute atomic E-state index is 13.3. The van der Waals surface area contributed by atoms with Gasteiger partial charge in [0.1, 0.15) is 5.67 Å². The summed E-state index contributed by atoms with van der Waals surface area (Å²) in [4.78, 5) is 0. The number of hydrogen-bond donors (Lipinski definition) is 1. The van der Waals surface area contributed by atoms with E-state index in [1.807, 2.05) is 0 Å². The predicted octanol–water partition coefficient (Wildman–Crippen LogP) is 1.10. The molecule has 0 aromatic heterocycles. The number of halogens is 1. The average Bonchev–Trinajstić information content (AvgIpc) is 2.33. The van der Waals surface area contributed by atoms with Gasteiger partial charge in [-0.15, -0.1) is 12.3 Å². The van der Waals surface area contributed by atoms with Crippen LogP contribution in [0.1, 0.15) is 19.3 Å². The molecule has 1 N–H and O–H groups in total. The Kier molecular flexibility index (Phi) is 2.29. The molecule has 56 valence electrons. The molecule has 1 nitrogen and oxygen atoms in total. The number of rotatable bonds is 2. The smallest absolute Gasteiger partial charge is 0.125 e. The molecule has 0 spiro atoms. The first-order valence-corrected chi connectivity index (χ1v) is 3.60. The van der Waals surface area contributed by atoms with E-state index in [0.717, 1.165) is 6.54 Å². The highest BCUT2D eigenvalue weighted by atomic mass is 19.1. The van der Waals surface area contributed by atoms with Gasteiger partial charge in [-0.2, -0.15) is 0 Å². The van der Waals surface area contributed by atoms with Crippen LogP contribution in [0.4, 0.5) is 4.39 Å². The lowest BCUT2D eigenvalue weighted by Gasteiger charge is -2.15. The maximum atomic E-state index is 13.3. The van der Waals surface area contributed by atoms with Gasteiger partial charge in [0.25, 0.3) is 0 Å². The van der Waals surface area contributed by atoms with E-state index in [4.69, 9.17) is 6.42 Å². The largest absolute Gasteiger partial charge is 0.313 e. The summed E-state index contributed by atoms with van der Waals surface area (Å²) in [6.07, 6.45) is 6.71. The number of terminal acetylenes is 1. The molecule has 1 unspecified atom stereocenters. The fourth-order valence-electron chi connectivity index (χ4n) is 1.22. The standard InChI is InChI=1S/C8H12FN/c1-2-3-4-8(9)5-6-10-7-8/h1,10H,3-7H2. The van der Waals surface area contributed by atoms with Crippen molar-refractivity contribution in [3.8, 4) is 12.3 Å². The van der Waals surface area contributed by atoms with Crippen LogP contribution >= 0.6 is 0 Å². The Morgan fingerprint density at radius 2 is 2.50 bits per heavy atom. The zero-order valence-corrected chi connectivity index (χ0v) is 5.99. The van der Waals surface area contributed by atoms with Crippen LogP contribution in [0.5, 0.6) is 0 Å². The summed E-state index contributed by atoms with van der Waals surface area (Å²) in [6.45, 7) is 1.27. The third-order valence-corrected chi connectivity index (χ3v) is 1.91. The molecule has 1 fully saturated rings. The predicted molar refractivity (Wildman–Crippen MR) is 39.4 cm³/mol. The first kappa shape index (κ1) is 7.56. The molecule has 0 aromatic carbocycles. The van der Waals surface area contributed by atoms with Gasteiger partial charge in [-0.25, -0.2) is 4.39 Å². The Hall–Kier alpha value is -0.550. The van der Waals surface area contributed by atoms with Gasteiger partial charge < -0.3 is 5.32 Å². The second kappa shape index (κ2) is 3.03. The van der Waals surface area contributed by atoms with E-state index in [1.54, 1.807) is 0 Å². The maximum Gasteiger partial charge on any atom is 0.125 e. The van der Waals surface area contributed by atoms with E-state index >= 15 is 0 Å². The van der Waals surface area contributed by atoms with Gasteiger partial charge in [-0.1, -0.05) is 0 Å². The monoisotopic (exact) mass is 141 g/mol. The molecule has 1 heterocycles. The van der Waals surface area contributed by atoms with Crippen molar-refractivity contribution in [3.05, 3.63) is 0 Å². The number of alkyl halides is 1. The van der Waals surface area contributed by atoms with Crippen LogP contribution in [0.3, 0.4) is 0 Å². The third-order valence-electron chi connectivity index (χ3n) is 1.91. The van der Waals surface area contributed by atoms with Crippen LogP contribution in [0.2, 0.25) is 0 Å². The molecule has 1 aliphatic rings. The Bertz CT molecular complexity index is 142. The Morgan fingerprint density at radius 1 is 1.70 bits per heavy atom. The zero-order chi connectivity index (χ0) is 7.45. The summed E-state index contributed by atoms with van der Waals surface area (Å²) < 4.78 is 13.3. The lowest BCUT2D eigenvalue weighted by Crippen LogP contribution is -2.25. The van der Waals surface area contributed by atoms with Crippen LogP contribution in [-0.2, 0) is 0 Å². The van der Waals surface area contributed by atoms with Crippen molar-refractivity contribution in [1.82, 2.24) is 5.32 Å². The van der Waals surface area contributed by atoms with Crippen molar-refractivity contribution < 1.29 is 4.39 Å². The number of nitrogens with one attached hydrogen (secondary N) is 1. The summed E-state index contributed by atoms with van der Waals surface area (Å²) in [7, 11) is 0. The topological polar surface area (TPSA) is 12.0 Å². The number of hydrogen-bond acceptors (Lipinski definition) is 1. The highest BCUT2D eigenvalue weighted by Gasteiger charge is 2.32. The second-order valence-electron chi connectivity index (χ2n) is 2.78. The summed E-state index contributed by atoms with van der Waals surface area (Å²) in [5, 5.41) is 2.98. The molecule has 0 aromatic rings. The van der Waals surface area contributed by atoms with Gasteiger partial charge in [0.05, 0.1) is 0 Å². The molecule has 0 bridgehead atoms. The van der Waals surface area contributed by atoms with Crippen molar-refractivity contribution >= 4 is 0 Å². The van der Waals surface area contributed by atoms with Crippen molar-refractivity contribution in [1.29, 1.82) is 0 Å². The Morgan fingerprint density at radius 3 is 3.00 bits per heavy atom. The highest BCUT2D eigenvalue weighted by Crippen LogP contribution is 2.24. The van der Waals surface area contributed by atoms with E-state index in [2.05, 4.69) is 11.2 Å². The summed E-state index contributed by atoms with van der Waals surface area (Å²) in [5.74, 6) is 2.45. The van der Waals surface area contributed by atoms with Gasteiger partial charge in [-0.3, -0.25) is 0 Å². The molecule has 1 rings (SSSR count). The van der Waals surface area contributed by atoms with Crippen LogP contribution in [0, 0.1) is 12.3 Å². The minimum atomic E-state index is -1.01. The summed E-state index contributed by atoms with van der Waals surface area (Å²) in [6, 6.07) is 0. The van der Waals surface area contributed by atoms with Gasteiger partial charge in [0.15, 0.2) is 0 Å². The lowest BCUT2D eigenvalue weighted by atomic mass is 9.99. The Balaban J connectivity index is 2.30. The first-order chi connectivity index (χ1) is 4.77. The molecule has 1 atom stereocenters. The highest BCUT2D eigenvalue weighted by molar-refractivity contribution is 4.93. The molecule has 1 saturated heterocycles. The van der Waals surface area contributed by atoms with E-state index in [-0.39, 0.29) is 0 Å². The molecule has 0 radical (unpaired) electrons. The van der Waals surface area contributed by atoms with E-state index in [9.17, 15) is 4.39 Å².